The highest BCUT2D eigenvalue weighted by molar-refractivity contribution is 7.80. The number of nitrogens with zero attached hydrogens (tertiary/aromatic N) is 3. The van der Waals surface area contributed by atoms with Gasteiger partial charge in [-0.3, -0.25) is 4.79 Å². The van der Waals surface area contributed by atoms with Crippen molar-refractivity contribution in [3.63, 3.8) is 0 Å². The zero-order valence-corrected chi connectivity index (χ0v) is 20.6. The lowest BCUT2D eigenvalue weighted by atomic mass is 10.0. The van der Waals surface area contributed by atoms with E-state index in [1.165, 1.54) is 0 Å². The first-order chi connectivity index (χ1) is 14.9. The van der Waals surface area contributed by atoms with E-state index in [1.54, 1.807) is 0 Å². The summed E-state index contributed by atoms with van der Waals surface area (Å²) in [7, 11) is 7.74. The minimum Gasteiger partial charge on any atom is -0.382 e. The van der Waals surface area contributed by atoms with Crippen molar-refractivity contribution in [1.29, 1.82) is 0 Å². The summed E-state index contributed by atoms with van der Waals surface area (Å²) in [6, 6.07) is 13.7. The maximum atomic E-state index is 12.9. The molecule has 0 saturated carbocycles. The molecule has 0 aliphatic heterocycles. The number of amides is 1. The summed E-state index contributed by atoms with van der Waals surface area (Å²) in [4.78, 5) is 21.7. The summed E-state index contributed by atoms with van der Waals surface area (Å²) < 4.78 is 0. The zero-order chi connectivity index (χ0) is 22.4. The standard InChI is InChI=1S/C23H30N6OS.ClH/c1-24-23(31)29(4)15-13-25-20-16-8-5-6-11-19(16)27-21-17(20)9-7-10-18(21)22(30)26-12-14-28(2)3;/h5-11H,12-15H2,1-4H3,(H,24,31)(H,25,27)(H,26,30);1H. The monoisotopic (exact) mass is 474 g/mol. The second-order valence-corrected chi connectivity index (χ2v) is 8.06. The van der Waals surface area contributed by atoms with Crippen LogP contribution in [0, 0.1) is 0 Å². The molecule has 3 rings (SSSR count). The van der Waals surface area contributed by atoms with Crippen LogP contribution < -0.4 is 16.0 Å². The normalized spacial score (nSPS) is 10.7. The third kappa shape index (κ3) is 5.97. The Balaban J connectivity index is 0.00000363. The van der Waals surface area contributed by atoms with Crippen LogP contribution in [0.2, 0.25) is 0 Å². The number of pyridine rings is 1. The second kappa shape index (κ2) is 11.8. The molecular formula is C23H31ClN6OS. The molecule has 1 heterocycles. The number of nitrogens with one attached hydrogen (secondary N) is 3. The Morgan fingerprint density at radius 2 is 1.72 bits per heavy atom. The van der Waals surface area contributed by atoms with Crippen LogP contribution in [0.4, 0.5) is 5.69 Å². The summed E-state index contributed by atoms with van der Waals surface area (Å²) in [5.74, 6) is -0.111. The number of benzene rings is 2. The molecule has 0 atom stereocenters. The predicted molar refractivity (Wildman–Crippen MR) is 140 cm³/mol. The lowest BCUT2D eigenvalue weighted by Crippen LogP contribution is -2.37. The number of halogens is 1. The average molecular weight is 475 g/mol. The van der Waals surface area contributed by atoms with Gasteiger partial charge < -0.3 is 25.8 Å². The van der Waals surface area contributed by atoms with E-state index < -0.39 is 0 Å². The van der Waals surface area contributed by atoms with Gasteiger partial charge in [-0.1, -0.05) is 30.3 Å². The van der Waals surface area contributed by atoms with E-state index in [9.17, 15) is 4.79 Å². The maximum absolute atomic E-state index is 12.9. The van der Waals surface area contributed by atoms with Crippen LogP contribution >= 0.6 is 24.6 Å². The van der Waals surface area contributed by atoms with E-state index in [-0.39, 0.29) is 18.3 Å². The van der Waals surface area contributed by atoms with Crippen LogP contribution in [0.3, 0.4) is 0 Å². The fraction of sp³-hybridized carbons (Fsp3) is 0.348. The molecule has 2 aromatic carbocycles. The minimum absolute atomic E-state index is 0. The lowest BCUT2D eigenvalue weighted by molar-refractivity contribution is 0.0952. The molecular weight excluding hydrogens is 444 g/mol. The first-order valence-corrected chi connectivity index (χ1v) is 10.7. The average Bonchev–Trinajstić information content (AvgIpc) is 2.77. The molecule has 7 nitrogen and oxygen atoms in total. The molecule has 0 aliphatic rings. The molecule has 0 fully saturated rings. The van der Waals surface area contributed by atoms with Crippen molar-refractivity contribution in [1.82, 2.24) is 25.4 Å². The van der Waals surface area contributed by atoms with E-state index in [4.69, 9.17) is 17.2 Å². The van der Waals surface area contributed by atoms with Gasteiger partial charge in [-0.2, -0.15) is 0 Å². The number of aromatic nitrogens is 1. The first-order valence-electron chi connectivity index (χ1n) is 10.3. The van der Waals surface area contributed by atoms with E-state index in [0.29, 0.717) is 29.3 Å². The molecule has 1 aromatic heterocycles. The largest absolute Gasteiger partial charge is 0.382 e. The maximum Gasteiger partial charge on any atom is 0.253 e. The van der Waals surface area contributed by atoms with Gasteiger partial charge in [0.1, 0.15) is 0 Å². The molecule has 0 unspecified atom stereocenters. The molecule has 0 aliphatic carbocycles. The summed E-state index contributed by atoms with van der Waals surface area (Å²) in [5.41, 5.74) is 3.11. The third-order valence-corrected chi connectivity index (χ3v) is 5.63. The summed E-state index contributed by atoms with van der Waals surface area (Å²) >= 11 is 5.29. The Kier molecular flexibility index (Phi) is 9.43. The van der Waals surface area contributed by atoms with Crippen LogP contribution in [-0.2, 0) is 0 Å². The highest BCUT2D eigenvalue weighted by Crippen LogP contribution is 2.32. The number of thiocarbonyl (C=S) groups is 1. The lowest BCUT2D eigenvalue weighted by Gasteiger charge is -2.21. The number of carbonyl (C=O) groups is 1. The SMILES string of the molecule is CNC(=S)N(C)CCNc1c2ccccc2nc2c(C(=O)NCCN(C)C)cccc12.Cl. The molecule has 0 bridgehead atoms. The fourth-order valence-electron chi connectivity index (χ4n) is 3.42. The van der Waals surface area contributed by atoms with Gasteiger partial charge in [0.05, 0.1) is 22.3 Å². The Morgan fingerprint density at radius 3 is 2.44 bits per heavy atom. The Morgan fingerprint density at radius 1 is 1.00 bits per heavy atom. The molecule has 3 aromatic rings. The van der Waals surface area contributed by atoms with E-state index in [0.717, 1.165) is 35.1 Å². The van der Waals surface area contributed by atoms with Crippen molar-refractivity contribution in [3.8, 4) is 0 Å². The quantitative estimate of drug-likeness (QED) is 0.342. The van der Waals surface area contributed by atoms with Gasteiger partial charge >= 0.3 is 0 Å². The molecule has 0 spiro atoms. The van der Waals surface area contributed by atoms with Gasteiger partial charge in [-0.25, -0.2) is 4.98 Å². The van der Waals surface area contributed by atoms with Crippen LogP contribution in [0.15, 0.2) is 42.5 Å². The van der Waals surface area contributed by atoms with Crippen LogP contribution in [0.25, 0.3) is 21.8 Å². The number of likely N-dealkylation sites (N-methyl/N-ethyl adjacent to an activating group) is 2. The number of hydrogen-bond acceptors (Lipinski definition) is 5. The van der Waals surface area contributed by atoms with E-state index in [1.807, 2.05) is 74.4 Å². The highest BCUT2D eigenvalue weighted by atomic mass is 35.5. The molecule has 1 amide bonds. The summed E-state index contributed by atoms with van der Waals surface area (Å²) in [6.07, 6.45) is 0. The van der Waals surface area contributed by atoms with Crippen molar-refractivity contribution in [3.05, 3.63) is 48.0 Å². The fourth-order valence-corrected chi connectivity index (χ4v) is 3.51. The second-order valence-electron chi connectivity index (χ2n) is 7.67. The molecule has 32 heavy (non-hydrogen) atoms. The number of rotatable bonds is 8. The third-order valence-electron chi connectivity index (χ3n) is 5.11. The van der Waals surface area contributed by atoms with Gasteiger partial charge in [-0.15, -0.1) is 12.4 Å². The number of anilines is 1. The van der Waals surface area contributed by atoms with E-state index >= 15 is 0 Å². The van der Waals surface area contributed by atoms with Gasteiger partial charge in [0.2, 0.25) is 0 Å². The van der Waals surface area contributed by atoms with Crippen molar-refractivity contribution < 1.29 is 4.79 Å². The molecule has 3 N–H and O–H groups in total. The van der Waals surface area contributed by atoms with Crippen LogP contribution in [0.1, 0.15) is 10.4 Å². The number of fused-ring (bicyclic) bond motifs is 2. The molecule has 0 saturated heterocycles. The van der Waals surface area contributed by atoms with Crippen molar-refractivity contribution in [2.75, 3.05) is 59.7 Å². The number of hydrogen-bond donors (Lipinski definition) is 3. The van der Waals surface area contributed by atoms with Crippen molar-refractivity contribution >= 4 is 63.1 Å². The summed E-state index contributed by atoms with van der Waals surface area (Å²) in [6.45, 7) is 2.80. The van der Waals surface area contributed by atoms with Crippen LogP contribution in [-0.4, -0.2) is 80.2 Å². The van der Waals surface area contributed by atoms with Crippen molar-refractivity contribution in [2.45, 2.75) is 0 Å². The Hall–Kier alpha value is -2.68. The van der Waals surface area contributed by atoms with Gasteiger partial charge in [0.15, 0.2) is 5.11 Å². The minimum atomic E-state index is -0.111. The molecule has 172 valence electrons. The number of para-hydroxylation sites is 2. The van der Waals surface area contributed by atoms with Gasteiger partial charge in [0.25, 0.3) is 5.91 Å². The van der Waals surface area contributed by atoms with E-state index in [2.05, 4.69) is 22.0 Å². The first kappa shape index (κ1) is 25.6. The van der Waals surface area contributed by atoms with Gasteiger partial charge in [-0.05, 0) is 38.4 Å². The molecule has 9 heteroatoms. The zero-order valence-electron chi connectivity index (χ0n) is 18.9. The van der Waals surface area contributed by atoms with Crippen molar-refractivity contribution in [2.24, 2.45) is 0 Å². The molecule has 0 radical (unpaired) electrons. The van der Waals surface area contributed by atoms with Crippen LogP contribution in [0.5, 0.6) is 0 Å². The number of carbonyl (C=O) groups excluding carboxylic acids is 1. The Bertz CT molecular complexity index is 1090. The smallest absolute Gasteiger partial charge is 0.253 e. The predicted octanol–water partition coefficient (Wildman–Crippen LogP) is 2.95. The van der Waals surface area contributed by atoms with Gasteiger partial charge in [0, 0.05) is 51.0 Å². The highest BCUT2D eigenvalue weighted by Gasteiger charge is 2.16. The Labute approximate surface area is 201 Å². The topological polar surface area (TPSA) is 72.5 Å². The summed E-state index contributed by atoms with van der Waals surface area (Å²) in [5, 5.41) is 12.2.